The molecule has 0 spiro atoms. The second-order valence-corrected chi connectivity index (χ2v) is 15.4. The molecule has 5 aromatic rings. The average Bonchev–Trinajstić information content (AvgIpc) is 3.46. The van der Waals surface area contributed by atoms with E-state index in [0.29, 0.717) is 39.6 Å². The van der Waals surface area contributed by atoms with Gasteiger partial charge in [-0.3, -0.25) is 0 Å². The maximum absolute atomic E-state index is 6.15. The van der Waals surface area contributed by atoms with Crippen LogP contribution in [-0.4, -0.2) is 39.6 Å². The highest BCUT2D eigenvalue weighted by atomic mass is 16.5. The van der Waals surface area contributed by atoms with E-state index in [-0.39, 0.29) is 10.8 Å². The average molecular weight is 699 g/mol. The van der Waals surface area contributed by atoms with Crippen LogP contribution in [0.4, 0.5) is 0 Å². The molecule has 6 rings (SSSR count). The zero-order valence-electron chi connectivity index (χ0n) is 32.7. The van der Waals surface area contributed by atoms with E-state index in [4.69, 9.17) is 18.9 Å². The van der Waals surface area contributed by atoms with Gasteiger partial charge < -0.3 is 18.9 Å². The van der Waals surface area contributed by atoms with E-state index in [2.05, 4.69) is 139 Å². The van der Waals surface area contributed by atoms with Gasteiger partial charge in [0.05, 0.1) is 18.6 Å². The third-order valence-electron chi connectivity index (χ3n) is 11.4. The van der Waals surface area contributed by atoms with E-state index in [1.54, 1.807) is 0 Å². The summed E-state index contributed by atoms with van der Waals surface area (Å²) in [6, 6.07) is 36.6. The van der Waals surface area contributed by atoms with Crippen molar-refractivity contribution in [3.8, 4) is 22.6 Å². The Balaban J connectivity index is 1.66. The Bertz CT molecular complexity index is 1900. The van der Waals surface area contributed by atoms with Crippen molar-refractivity contribution in [3.05, 3.63) is 130 Å². The third kappa shape index (κ3) is 7.00. The highest BCUT2D eigenvalue weighted by Gasteiger charge is 2.48. The number of ether oxygens (including phenoxy) is 4. The van der Waals surface area contributed by atoms with Crippen LogP contribution in [0.15, 0.2) is 97.1 Å². The Morgan fingerprint density at radius 2 is 1.12 bits per heavy atom. The highest BCUT2D eigenvalue weighted by molar-refractivity contribution is 6.05. The van der Waals surface area contributed by atoms with E-state index in [1.165, 1.54) is 55.3 Å². The monoisotopic (exact) mass is 698 g/mol. The van der Waals surface area contributed by atoms with Crippen LogP contribution < -0.4 is 9.47 Å². The van der Waals surface area contributed by atoms with Crippen LogP contribution in [0.5, 0.6) is 11.5 Å². The summed E-state index contributed by atoms with van der Waals surface area (Å²) in [5.74, 6) is 1.69. The van der Waals surface area contributed by atoms with Crippen molar-refractivity contribution in [2.24, 2.45) is 0 Å². The van der Waals surface area contributed by atoms with Crippen molar-refractivity contribution in [1.82, 2.24) is 0 Å². The summed E-state index contributed by atoms with van der Waals surface area (Å²) in [5.41, 5.74) is 9.90. The second-order valence-electron chi connectivity index (χ2n) is 15.4. The molecule has 1 aliphatic carbocycles. The Hall–Kier alpha value is -4.12. The second kappa shape index (κ2) is 15.9. The molecule has 4 nitrogen and oxygen atoms in total. The Morgan fingerprint density at radius 1 is 0.558 bits per heavy atom. The summed E-state index contributed by atoms with van der Waals surface area (Å²) in [7, 11) is 0. The SMILES string of the molecule is CCCC(C)(C)c1ccc2c(c1)C(c1ccc(OCCOCC)cc1)(c1ccc(OCCOCC)cc1)c1cc(C(C)(C)CC)c3ccccc3c1-2. The quantitative estimate of drug-likeness (QED) is 0.0889. The van der Waals surface area contributed by atoms with Crippen LogP contribution in [0, 0.1) is 0 Å². The number of rotatable bonds is 17. The molecule has 52 heavy (non-hydrogen) atoms. The summed E-state index contributed by atoms with van der Waals surface area (Å²) in [4.78, 5) is 0. The van der Waals surface area contributed by atoms with E-state index < -0.39 is 5.41 Å². The van der Waals surface area contributed by atoms with Gasteiger partial charge in [0, 0.05) is 13.2 Å². The van der Waals surface area contributed by atoms with E-state index in [9.17, 15) is 0 Å². The first-order valence-corrected chi connectivity index (χ1v) is 19.5. The first kappa shape index (κ1) is 37.6. The summed E-state index contributed by atoms with van der Waals surface area (Å²) >= 11 is 0. The number of hydrogen-bond acceptors (Lipinski definition) is 4. The molecule has 274 valence electrons. The van der Waals surface area contributed by atoms with Gasteiger partial charge in [0.25, 0.3) is 0 Å². The standard InChI is InChI=1S/C48H58O4/c1-9-27-47(7,8)36-21-26-41-43(32-36)48(34-17-22-37(23-18-34)51-30-28-49-11-3,35-19-24-38(25-20-35)52-31-29-50-12-4)44-33-42(46(5,6)10-2)39-15-13-14-16-40(39)45(41)44/h13-26,32-33H,9-12,27-31H2,1-8H3. The van der Waals surface area contributed by atoms with Gasteiger partial charge in [-0.25, -0.2) is 0 Å². The van der Waals surface area contributed by atoms with Gasteiger partial charge in [-0.05, 0) is 117 Å². The molecule has 4 heteroatoms. The molecule has 0 aromatic heterocycles. The highest BCUT2D eigenvalue weighted by Crippen LogP contribution is 2.60. The van der Waals surface area contributed by atoms with Crippen molar-refractivity contribution in [2.75, 3.05) is 39.6 Å². The lowest BCUT2D eigenvalue weighted by Crippen LogP contribution is -2.30. The molecule has 0 saturated carbocycles. The molecule has 0 atom stereocenters. The fraction of sp³-hybridized carbons (Fsp3) is 0.417. The molecule has 0 N–H and O–H groups in total. The molecule has 0 unspecified atom stereocenters. The molecule has 0 radical (unpaired) electrons. The van der Waals surface area contributed by atoms with Crippen LogP contribution in [0.3, 0.4) is 0 Å². The lowest BCUT2D eigenvalue weighted by atomic mass is 9.65. The summed E-state index contributed by atoms with van der Waals surface area (Å²) in [6.07, 6.45) is 3.28. The Labute approximate surface area is 312 Å². The predicted molar refractivity (Wildman–Crippen MR) is 216 cm³/mol. The molecule has 0 amide bonds. The minimum atomic E-state index is -0.584. The van der Waals surface area contributed by atoms with Crippen molar-refractivity contribution < 1.29 is 18.9 Å². The molecule has 0 heterocycles. The Kier molecular flexibility index (Phi) is 11.5. The lowest BCUT2D eigenvalue weighted by Gasteiger charge is -2.36. The predicted octanol–water partition coefficient (Wildman–Crippen LogP) is 11.8. The summed E-state index contributed by atoms with van der Waals surface area (Å²) < 4.78 is 23.4. The fourth-order valence-corrected chi connectivity index (χ4v) is 8.24. The van der Waals surface area contributed by atoms with Crippen LogP contribution in [-0.2, 0) is 25.7 Å². The maximum atomic E-state index is 6.15. The van der Waals surface area contributed by atoms with Crippen molar-refractivity contribution in [2.45, 2.75) is 90.9 Å². The molecule has 0 aliphatic heterocycles. The first-order chi connectivity index (χ1) is 25.1. The van der Waals surface area contributed by atoms with Crippen molar-refractivity contribution in [3.63, 3.8) is 0 Å². The minimum absolute atomic E-state index is 0.0260. The maximum Gasteiger partial charge on any atom is 0.119 e. The van der Waals surface area contributed by atoms with Crippen LogP contribution >= 0.6 is 0 Å². The van der Waals surface area contributed by atoms with E-state index in [0.717, 1.165) is 30.8 Å². The topological polar surface area (TPSA) is 36.9 Å². The Morgan fingerprint density at radius 3 is 1.63 bits per heavy atom. The zero-order chi connectivity index (χ0) is 36.9. The molecule has 5 aromatic carbocycles. The van der Waals surface area contributed by atoms with E-state index in [1.807, 2.05) is 13.8 Å². The van der Waals surface area contributed by atoms with Crippen molar-refractivity contribution in [1.29, 1.82) is 0 Å². The van der Waals surface area contributed by atoms with E-state index >= 15 is 0 Å². The molecular formula is C48H58O4. The minimum Gasteiger partial charge on any atom is -0.491 e. The summed E-state index contributed by atoms with van der Waals surface area (Å²) in [6.45, 7) is 21.7. The van der Waals surface area contributed by atoms with Crippen LogP contribution in [0.1, 0.15) is 108 Å². The fourth-order valence-electron chi connectivity index (χ4n) is 8.24. The third-order valence-corrected chi connectivity index (χ3v) is 11.4. The first-order valence-electron chi connectivity index (χ1n) is 19.5. The molecule has 0 fully saturated rings. The molecule has 1 aliphatic rings. The van der Waals surface area contributed by atoms with Gasteiger partial charge in [-0.2, -0.15) is 0 Å². The van der Waals surface area contributed by atoms with Crippen LogP contribution in [0.25, 0.3) is 21.9 Å². The number of hydrogen-bond donors (Lipinski definition) is 0. The van der Waals surface area contributed by atoms with Gasteiger partial charge in [0.15, 0.2) is 0 Å². The van der Waals surface area contributed by atoms with Gasteiger partial charge in [0.2, 0.25) is 0 Å². The van der Waals surface area contributed by atoms with Gasteiger partial charge in [-0.1, -0.05) is 121 Å². The smallest absolute Gasteiger partial charge is 0.119 e. The largest absolute Gasteiger partial charge is 0.491 e. The molecule has 0 saturated heterocycles. The number of benzene rings is 5. The number of fused-ring (bicyclic) bond motifs is 5. The zero-order valence-corrected chi connectivity index (χ0v) is 32.7. The summed E-state index contributed by atoms with van der Waals surface area (Å²) in [5, 5.41) is 2.65. The molecule has 0 bridgehead atoms. The molecular weight excluding hydrogens is 641 g/mol. The van der Waals surface area contributed by atoms with Gasteiger partial charge in [0.1, 0.15) is 24.7 Å². The van der Waals surface area contributed by atoms with Crippen molar-refractivity contribution >= 4 is 10.8 Å². The van der Waals surface area contributed by atoms with Gasteiger partial charge in [-0.15, -0.1) is 0 Å². The van der Waals surface area contributed by atoms with Crippen LogP contribution in [0.2, 0.25) is 0 Å². The van der Waals surface area contributed by atoms with Gasteiger partial charge >= 0.3 is 0 Å². The normalized spacial score (nSPS) is 13.6. The lowest BCUT2D eigenvalue weighted by molar-refractivity contribution is 0.110.